The van der Waals surface area contributed by atoms with Gasteiger partial charge >= 0.3 is 6.03 Å². The van der Waals surface area contributed by atoms with Crippen LogP contribution in [0.5, 0.6) is 5.75 Å². The molecule has 0 unspecified atom stereocenters. The average molecular weight is 282 g/mol. The van der Waals surface area contributed by atoms with Gasteiger partial charge in [-0.1, -0.05) is 48.5 Å². The lowest BCUT2D eigenvalue weighted by Gasteiger charge is -2.12. The SMILES string of the molecule is O=C(NCc1ccccc1)NC[C@H]1Cc2ccccc2O1. The molecule has 1 heterocycles. The quantitative estimate of drug-likeness (QED) is 0.905. The summed E-state index contributed by atoms with van der Waals surface area (Å²) in [7, 11) is 0. The first-order valence-corrected chi connectivity index (χ1v) is 7.11. The fraction of sp³-hybridized carbons (Fsp3) is 0.235. The van der Waals surface area contributed by atoms with E-state index in [1.165, 1.54) is 5.56 Å². The number of urea groups is 1. The van der Waals surface area contributed by atoms with Crippen LogP contribution in [0.15, 0.2) is 54.6 Å². The number of rotatable bonds is 4. The Labute approximate surface area is 124 Å². The fourth-order valence-electron chi connectivity index (χ4n) is 2.42. The number of nitrogens with one attached hydrogen (secondary N) is 2. The molecular weight excluding hydrogens is 264 g/mol. The Hall–Kier alpha value is -2.49. The molecule has 0 radical (unpaired) electrons. The molecule has 2 N–H and O–H groups in total. The third-order valence-electron chi connectivity index (χ3n) is 3.50. The van der Waals surface area contributed by atoms with Crippen LogP contribution in [-0.2, 0) is 13.0 Å². The van der Waals surface area contributed by atoms with Crippen LogP contribution in [0.25, 0.3) is 0 Å². The molecular formula is C17H18N2O2. The van der Waals surface area contributed by atoms with E-state index >= 15 is 0 Å². The molecule has 108 valence electrons. The fourth-order valence-corrected chi connectivity index (χ4v) is 2.42. The van der Waals surface area contributed by atoms with Crippen LogP contribution < -0.4 is 15.4 Å². The molecule has 0 bridgehead atoms. The van der Waals surface area contributed by atoms with Gasteiger partial charge in [0.05, 0.1) is 6.54 Å². The van der Waals surface area contributed by atoms with E-state index in [0.717, 1.165) is 17.7 Å². The van der Waals surface area contributed by atoms with Crippen LogP contribution in [-0.4, -0.2) is 18.7 Å². The van der Waals surface area contributed by atoms with Crippen molar-refractivity contribution in [1.29, 1.82) is 0 Å². The molecule has 2 aromatic carbocycles. The molecule has 0 fully saturated rings. The summed E-state index contributed by atoms with van der Waals surface area (Å²) in [4.78, 5) is 11.8. The molecule has 1 aliphatic heterocycles. The summed E-state index contributed by atoms with van der Waals surface area (Å²) in [6.07, 6.45) is 0.861. The number of carbonyl (C=O) groups is 1. The second kappa shape index (κ2) is 6.31. The van der Waals surface area contributed by atoms with Crippen molar-refractivity contribution in [3.8, 4) is 5.75 Å². The molecule has 0 aromatic heterocycles. The lowest BCUT2D eigenvalue weighted by Crippen LogP contribution is -2.40. The standard InChI is InChI=1S/C17H18N2O2/c20-17(18-11-13-6-2-1-3-7-13)19-12-15-10-14-8-4-5-9-16(14)21-15/h1-9,15H,10-12H2,(H2,18,19,20)/t15-/m1/s1. The maximum Gasteiger partial charge on any atom is 0.315 e. The van der Waals surface area contributed by atoms with Gasteiger partial charge in [0.15, 0.2) is 0 Å². The molecule has 0 spiro atoms. The van der Waals surface area contributed by atoms with Crippen LogP contribution in [0.3, 0.4) is 0 Å². The Kier molecular flexibility index (Phi) is 4.05. The number of carbonyl (C=O) groups excluding carboxylic acids is 1. The Bertz CT molecular complexity index is 588. The number of hydrogen-bond donors (Lipinski definition) is 2. The number of hydrogen-bond acceptors (Lipinski definition) is 2. The predicted molar refractivity (Wildman–Crippen MR) is 81.2 cm³/mol. The summed E-state index contributed by atoms with van der Waals surface area (Å²) in [5.41, 5.74) is 2.28. The van der Waals surface area contributed by atoms with Crippen molar-refractivity contribution in [2.75, 3.05) is 6.54 Å². The van der Waals surface area contributed by atoms with Crippen LogP contribution in [0.1, 0.15) is 11.1 Å². The monoisotopic (exact) mass is 282 g/mol. The molecule has 0 saturated carbocycles. The van der Waals surface area contributed by atoms with Gasteiger partial charge in [0.1, 0.15) is 11.9 Å². The minimum absolute atomic E-state index is 0.0184. The molecule has 0 aliphatic carbocycles. The first-order chi connectivity index (χ1) is 10.3. The smallest absolute Gasteiger partial charge is 0.315 e. The van der Waals surface area contributed by atoms with E-state index in [1.807, 2.05) is 48.5 Å². The third-order valence-corrected chi connectivity index (χ3v) is 3.50. The molecule has 4 nitrogen and oxygen atoms in total. The lowest BCUT2D eigenvalue weighted by atomic mass is 10.1. The highest BCUT2D eigenvalue weighted by Crippen LogP contribution is 2.27. The number of amides is 2. The summed E-state index contributed by atoms with van der Waals surface area (Å²) in [6, 6.07) is 17.7. The highest BCUT2D eigenvalue weighted by Gasteiger charge is 2.22. The normalized spacial score (nSPS) is 15.9. The molecule has 1 aliphatic rings. The molecule has 2 amide bonds. The Balaban J connectivity index is 1.41. The number of benzene rings is 2. The summed E-state index contributed by atoms with van der Waals surface area (Å²) in [5, 5.41) is 5.69. The van der Waals surface area contributed by atoms with Gasteiger partial charge in [-0.05, 0) is 17.2 Å². The van der Waals surface area contributed by atoms with E-state index in [0.29, 0.717) is 13.1 Å². The minimum atomic E-state index is -0.168. The van der Waals surface area contributed by atoms with Gasteiger partial charge in [0.2, 0.25) is 0 Å². The summed E-state index contributed by atoms with van der Waals surface area (Å²) >= 11 is 0. The maximum absolute atomic E-state index is 11.8. The van der Waals surface area contributed by atoms with Crippen molar-refractivity contribution < 1.29 is 9.53 Å². The van der Waals surface area contributed by atoms with Gasteiger partial charge in [-0.25, -0.2) is 4.79 Å². The second-order valence-corrected chi connectivity index (χ2v) is 5.10. The van der Waals surface area contributed by atoms with E-state index in [1.54, 1.807) is 0 Å². The van der Waals surface area contributed by atoms with Gasteiger partial charge in [0, 0.05) is 13.0 Å². The van der Waals surface area contributed by atoms with E-state index < -0.39 is 0 Å². The van der Waals surface area contributed by atoms with Crippen LogP contribution in [0.2, 0.25) is 0 Å². The Morgan fingerprint density at radius 3 is 2.62 bits per heavy atom. The van der Waals surface area contributed by atoms with E-state index in [2.05, 4.69) is 16.7 Å². The van der Waals surface area contributed by atoms with Crippen molar-refractivity contribution in [2.45, 2.75) is 19.1 Å². The third kappa shape index (κ3) is 3.54. The molecule has 4 heteroatoms. The summed E-state index contributed by atoms with van der Waals surface area (Å²) in [6.45, 7) is 1.04. The number of fused-ring (bicyclic) bond motifs is 1. The van der Waals surface area contributed by atoms with Crippen LogP contribution >= 0.6 is 0 Å². The largest absolute Gasteiger partial charge is 0.488 e. The Morgan fingerprint density at radius 1 is 1.05 bits per heavy atom. The molecule has 3 rings (SSSR count). The number of para-hydroxylation sites is 1. The van der Waals surface area contributed by atoms with Gasteiger partial charge in [-0.2, -0.15) is 0 Å². The van der Waals surface area contributed by atoms with Gasteiger partial charge in [-0.15, -0.1) is 0 Å². The topological polar surface area (TPSA) is 50.4 Å². The van der Waals surface area contributed by atoms with Crippen LogP contribution in [0, 0.1) is 0 Å². The second-order valence-electron chi connectivity index (χ2n) is 5.10. The number of ether oxygens (including phenoxy) is 1. The zero-order chi connectivity index (χ0) is 14.5. The van der Waals surface area contributed by atoms with Gasteiger partial charge in [0.25, 0.3) is 0 Å². The first-order valence-electron chi connectivity index (χ1n) is 7.11. The predicted octanol–water partition coefficient (Wildman–Crippen LogP) is 2.49. The molecule has 2 aromatic rings. The summed E-state index contributed by atoms with van der Waals surface area (Å²) < 4.78 is 5.78. The van der Waals surface area contributed by atoms with E-state index in [9.17, 15) is 4.79 Å². The molecule has 0 saturated heterocycles. The van der Waals surface area contributed by atoms with E-state index in [4.69, 9.17) is 4.74 Å². The van der Waals surface area contributed by atoms with E-state index in [-0.39, 0.29) is 12.1 Å². The molecule has 1 atom stereocenters. The zero-order valence-corrected chi connectivity index (χ0v) is 11.7. The Morgan fingerprint density at radius 2 is 1.81 bits per heavy atom. The molecule has 21 heavy (non-hydrogen) atoms. The van der Waals surface area contributed by atoms with Crippen molar-refractivity contribution in [1.82, 2.24) is 10.6 Å². The first kappa shape index (κ1) is 13.5. The van der Waals surface area contributed by atoms with Gasteiger partial charge < -0.3 is 15.4 Å². The van der Waals surface area contributed by atoms with Crippen LogP contribution in [0.4, 0.5) is 4.79 Å². The highest BCUT2D eigenvalue weighted by atomic mass is 16.5. The zero-order valence-electron chi connectivity index (χ0n) is 11.7. The average Bonchev–Trinajstić information content (AvgIpc) is 2.95. The highest BCUT2D eigenvalue weighted by molar-refractivity contribution is 5.73. The van der Waals surface area contributed by atoms with Crippen molar-refractivity contribution >= 4 is 6.03 Å². The van der Waals surface area contributed by atoms with Crippen molar-refractivity contribution in [2.24, 2.45) is 0 Å². The lowest BCUT2D eigenvalue weighted by molar-refractivity contribution is 0.214. The minimum Gasteiger partial charge on any atom is -0.488 e. The van der Waals surface area contributed by atoms with Crippen molar-refractivity contribution in [3.63, 3.8) is 0 Å². The summed E-state index contributed by atoms with van der Waals surface area (Å²) in [5.74, 6) is 0.925. The van der Waals surface area contributed by atoms with Crippen molar-refractivity contribution in [3.05, 3.63) is 65.7 Å². The van der Waals surface area contributed by atoms with Gasteiger partial charge in [-0.3, -0.25) is 0 Å². The maximum atomic E-state index is 11.8.